The summed E-state index contributed by atoms with van der Waals surface area (Å²) in [6.45, 7) is 5.45. The standard InChI is InChI=1S/C13H17FO2/c1-4-11(5-2)16-13-7-6-10(14)8-12(13)9(3)15/h6-8,11H,4-5H2,1-3H3. The van der Waals surface area contributed by atoms with Gasteiger partial charge in [-0.3, -0.25) is 4.79 Å². The molecule has 0 aliphatic rings. The van der Waals surface area contributed by atoms with Gasteiger partial charge in [-0.2, -0.15) is 0 Å². The van der Waals surface area contributed by atoms with E-state index in [9.17, 15) is 9.18 Å². The van der Waals surface area contributed by atoms with Crippen molar-refractivity contribution in [3.8, 4) is 5.75 Å². The molecule has 0 aliphatic heterocycles. The summed E-state index contributed by atoms with van der Waals surface area (Å²) in [6, 6.07) is 4.05. The lowest BCUT2D eigenvalue weighted by Crippen LogP contribution is -2.15. The Kier molecular flexibility index (Phi) is 4.47. The predicted octanol–water partition coefficient (Wildman–Crippen LogP) is 3.60. The Balaban J connectivity index is 2.98. The van der Waals surface area contributed by atoms with Gasteiger partial charge in [0.25, 0.3) is 0 Å². The molecule has 3 heteroatoms. The SMILES string of the molecule is CCC(CC)Oc1ccc(F)cc1C(C)=O. The van der Waals surface area contributed by atoms with Crippen molar-refractivity contribution < 1.29 is 13.9 Å². The Morgan fingerprint density at radius 2 is 2.00 bits per heavy atom. The Morgan fingerprint density at radius 1 is 1.38 bits per heavy atom. The van der Waals surface area contributed by atoms with Crippen LogP contribution >= 0.6 is 0 Å². The van der Waals surface area contributed by atoms with Crippen molar-refractivity contribution in [1.82, 2.24) is 0 Å². The average Bonchev–Trinajstić information content (AvgIpc) is 2.27. The Labute approximate surface area is 95.4 Å². The first-order valence-corrected chi connectivity index (χ1v) is 5.55. The van der Waals surface area contributed by atoms with E-state index in [0.29, 0.717) is 11.3 Å². The van der Waals surface area contributed by atoms with E-state index in [1.54, 1.807) is 0 Å². The van der Waals surface area contributed by atoms with Crippen molar-refractivity contribution in [2.24, 2.45) is 0 Å². The zero-order valence-corrected chi connectivity index (χ0v) is 9.92. The number of rotatable bonds is 5. The molecule has 0 spiro atoms. The summed E-state index contributed by atoms with van der Waals surface area (Å²) in [5.74, 6) is -0.120. The minimum atomic E-state index is -0.415. The van der Waals surface area contributed by atoms with E-state index in [4.69, 9.17) is 4.74 Å². The molecule has 0 aliphatic carbocycles. The third-order valence-electron chi connectivity index (χ3n) is 2.53. The highest BCUT2D eigenvalue weighted by Crippen LogP contribution is 2.22. The molecule has 0 amide bonds. The number of Topliss-reactive ketones (excluding diaryl/α,β-unsaturated/α-hetero) is 1. The summed E-state index contributed by atoms with van der Waals surface area (Å²) in [7, 11) is 0. The van der Waals surface area contributed by atoms with Crippen LogP contribution in [0.15, 0.2) is 18.2 Å². The third kappa shape index (κ3) is 3.05. The van der Waals surface area contributed by atoms with Gasteiger partial charge in [0.15, 0.2) is 5.78 Å². The fraction of sp³-hybridized carbons (Fsp3) is 0.462. The quantitative estimate of drug-likeness (QED) is 0.714. The number of hydrogen-bond donors (Lipinski definition) is 0. The number of carbonyl (C=O) groups excluding carboxylic acids is 1. The van der Waals surface area contributed by atoms with Crippen LogP contribution in [0.4, 0.5) is 4.39 Å². The fourth-order valence-electron chi connectivity index (χ4n) is 1.52. The van der Waals surface area contributed by atoms with Crippen molar-refractivity contribution in [3.63, 3.8) is 0 Å². The van der Waals surface area contributed by atoms with Crippen LogP contribution in [0.3, 0.4) is 0 Å². The molecule has 0 unspecified atom stereocenters. The van der Waals surface area contributed by atoms with Gasteiger partial charge < -0.3 is 4.74 Å². The molecule has 0 bridgehead atoms. The van der Waals surface area contributed by atoms with E-state index in [2.05, 4.69) is 0 Å². The predicted molar refractivity (Wildman–Crippen MR) is 61.4 cm³/mol. The summed E-state index contributed by atoms with van der Waals surface area (Å²) in [5, 5.41) is 0. The second kappa shape index (κ2) is 5.64. The smallest absolute Gasteiger partial charge is 0.163 e. The Bertz CT molecular complexity index is 370. The van der Waals surface area contributed by atoms with Crippen LogP contribution in [0.25, 0.3) is 0 Å². The summed E-state index contributed by atoms with van der Waals surface area (Å²) in [5.41, 5.74) is 0.312. The van der Waals surface area contributed by atoms with Crippen LogP contribution in [-0.4, -0.2) is 11.9 Å². The molecule has 0 radical (unpaired) electrons. The zero-order chi connectivity index (χ0) is 12.1. The van der Waals surface area contributed by atoms with Gasteiger partial charge in [-0.25, -0.2) is 4.39 Å². The maximum absolute atomic E-state index is 13.0. The van der Waals surface area contributed by atoms with Gasteiger partial charge >= 0.3 is 0 Å². The van der Waals surface area contributed by atoms with Crippen molar-refractivity contribution in [2.45, 2.75) is 39.7 Å². The molecule has 1 aromatic rings. The Morgan fingerprint density at radius 3 is 2.50 bits per heavy atom. The number of carbonyl (C=O) groups is 1. The lowest BCUT2D eigenvalue weighted by atomic mass is 10.1. The molecule has 0 saturated heterocycles. The van der Waals surface area contributed by atoms with E-state index in [-0.39, 0.29) is 11.9 Å². The zero-order valence-electron chi connectivity index (χ0n) is 9.92. The molecule has 88 valence electrons. The molecule has 0 saturated carbocycles. The molecule has 0 fully saturated rings. The molecule has 1 aromatic carbocycles. The molecule has 0 heterocycles. The van der Waals surface area contributed by atoms with Gasteiger partial charge in [-0.1, -0.05) is 13.8 Å². The van der Waals surface area contributed by atoms with Crippen molar-refractivity contribution >= 4 is 5.78 Å². The highest BCUT2D eigenvalue weighted by atomic mass is 19.1. The van der Waals surface area contributed by atoms with Gasteiger partial charge in [0, 0.05) is 0 Å². The van der Waals surface area contributed by atoms with Crippen LogP contribution in [0.1, 0.15) is 44.0 Å². The first-order chi connectivity index (χ1) is 7.58. The van der Waals surface area contributed by atoms with E-state index >= 15 is 0 Å². The number of ketones is 1. The molecule has 0 N–H and O–H groups in total. The molecular weight excluding hydrogens is 207 g/mol. The highest BCUT2D eigenvalue weighted by Gasteiger charge is 2.13. The van der Waals surface area contributed by atoms with Crippen LogP contribution in [0, 0.1) is 5.82 Å². The number of ether oxygens (including phenoxy) is 1. The molecule has 16 heavy (non-hydrogen) atoms. The van der Waals surface area contributed by atoms with Gasteiger partial charge in [-0.15, -0.1) is 0 Å². The van der Waals surface area contributed by atoms with Crippen molar-refractivity contribution in [1.29, 1.82) is 0 Å². The summed E-state index contributed by atoms with van der Waals surface area (Å²) in [6.07, 6.45) is 1.81. The first-order valence-electron chi connectivity index (χ1n) is 5.55. The maximum Gasteiger partial charge on any atom is 0.163 e. The summed E-state index contributed by atoms with van der Waals surface area (Å²) >= 11 is 0. The Hall–Kier alpha value is -1.38. The monoisotopic (exact) mass is 224 g/mol. The normalized spacial score (nSPS) is 10.6. The van der Waals surface area contributed by atoms with Gasteiger partial charge in [-0.05, 0) is 38.0 Å². The third-order valence-corrected chi connectivity index (χ3v) is 2.53. The lowest BCUT2D eigenvalue weighted by molar-refractivity contribution is 0.100. The topological polar surface area (TPSA) is 26.3 Å². The van der Waals surface area contributed by atoms with E-state index in [0.717, 1.165) is 12.8 Å². The van der Waals surface area contributed by atoms with Gasteiger partial charge in [0.1, 0.15) is 11.6 Å². The molecule has 1 rings (SSSR count). The second-order valence-electron chi connectivity index (χ2n) is 3.75. The van der Waals surface area contributed by atoms with Crippen molar-refractivity contribution in [2.75, 3.05) is 0 Å². The van der Waals surface area contributed by atoms with Gasteiger partial charge in [0.05, 0.1) is 11.7 Å². The van der Waals surface area contributed by atoms with E-state index in [1.165, 1.54) is 25.1 Å². The maximum atomic E-state index is 13.0. The number of benzene rings is 1. The van der Waals surface area contributed by atoms with Crippen LogP contribution in [0.5, 0.6) is 5.75 Å². The first kappa shape index (κ1) is 12.7. The van der Waals surface area contributed by atoms with Crippen LogP contribution < -0.4 is 4.74 Å². The molecular formula is C13H17FO2. The molecule has 0 aromatic heterocycles. The summed E-state index contributed by atoms with van der Waals surface area (Å²) in [4.78, 5) is 11.3. The lowest BCUT2D eigenvalue weighted by Gasteiger charge is -2.17. The van der Waals surface area contributed by atoms with E-state index in [1.807, 2.05) is 13.8 Å². The van der Waals surface area contributed by atoms with Crippen LogP contribution in [0.2, 0.25) is 0 Å². The largest absolute Gasteiger partial charge is 0.490 e. The van der Waals surface area contributed by atoms with Gasteiger partial charge in [0.2, 0.25) is 0 Å². The molecule has 0 atom stereocenters. The fourth-order valence-corrected chi connectivity index (χ4v) is 1.52. The minimum absolute atomic E-state index is 0.0727. The van der Waals surface area contributed by atoms with Crippen molar-refractivity contribution in [3.05, 3.63) is 29.6 Å². The number of hydrogen-bond acceptors (Lipinski definition) is 2. The van der Waals surface area contributed by atoms with E-state index < -0.39 is 5.82 Å². The minimum Gasteiger partial charge on any atom is -0.490 e. The highest BCUT2D eigenvalue weighted by molar-refractivity contribution is 5.96. The summed E-state index contributed by atoms with van der Waals surface area (Å²) < 4.78 is 18.7. The second-order valence-corrected chi connectivity index (χ2v) is 3.75. The average molecular weight is 224 g/mol. The molecule has 2 nitrogen and oxygen atoms in total. The number of halogens is 1. The van der Waals surface area contributed by atoms with Crippen LogP contribution in [-0.2, 0) is 0 Å².